The van der Waals surface area contributed by atoms with E-state index in [9.17, 15) is 8.42 Å². The summed E-state index contributed by atoms with van der Waals surface area (Å²) in [7, 11) is -3.28. The van der Waals surface area contributed by atoms with Crippen molar-refractivity contribution in [2.24, 2.45) is 0 Å². The third-order valence-corrected chi connectivity index (χ3v) is 3.32. The highest BCUT2D eigenvalue weighted by Gasteiger charge is 2.35. The fraction of sp³-hybridized carbons (Fsp3) is 1.00. The van der Waals surface area contributed by atoms with Gasteiger partial charge < -0.3 is 10.2 Å². The summed E-state index contributed by atoms with van der Waals surface area (Å²) >= 11 is 0. The number of hydrogen-bond donors (Lipinski definition) is 2. The summed E-state index contributed by atoms with van der Waals surface area (Å²) < 4.78 is 23.2. The summed E-state index contributed by atoms with van der Waals surface area (Å²) in [5, 5.41) is 17.7. The molecule has 0 aliphatic carbocycles. The number of nitrogens with zero attached hydrogens (tertiary/aromatic N) is 1. The molecule has 0 unspecified atom stereocenters. The largest absolute Gasteiger partial charge is 0.367 e. The highest BCUT2D eigenvalue weighted by molar-refractivity contribution is 7.88. The van der Waals surface area contributed by atoms with Crippen LogP contribution >= 0.6 is 0 Å². The van der Waals surface area contributed by atoms with Crippen molar-refractivity contribution >= 4 is 10.0 Å². The molecular weight excluding hydrogens is 182 g/mol. The third kappa shape index (κ3) is 1.95. The van der Waals surface area contributed by atoms with Gasteiger partial charge in [0.2, 0.25) is 10.0 Å². The molecule has 0 aromatic heterocycles. The third-order valence-electron chi connectivity index (χ3n) is 2.02. The fourth-order valence-corrected chi connectivity index (χ4v) is 2.64. The second-order valence-corrected chi connectivity index (χ2v) is 4.93. The van der Waals surface area contributed by atoms with E-state index in [4.69, 9.17) is 10.2 Å². The molecule has 12 heavy (non-hydrogen) atoms. The van der Waals surface area contributed by atoms with E-state index < -0.39 is 22.4 Å². The predicted molar refractivity (Wildman–Crippen MR) is 42.8 cm³/mol. The Morgan fingerprint density at radius 3 is 2.42 bits per heavy atom. The van der Waals surface area contributed by atoms with Gasteiger partial charge in [-0.15, -0.1) is 0 Å². The van der Waals surface area contributed by atoms with Crippen molar-refractivity contribution in [3.8, 4) is 0 Å². The van der Waals surface area contributed by atoms with Gasteiger partial charge in [-0.2, -0.15) is 4.31 Å². The van der Waals surface area contributed by atoms with E-state index in [1.54, 1.807) is 0 Å². The van der Waals surface area contributed by atoms with Crippen LogP contribution in [0.4, 0.5) is 0 Å². The van der Waals surface area contributed by atoms with Gasteiger partial charge in [-0.25, -0.2) is 8.42 Å². The molecule has 1 fully saturated rings. The van der Waals surface area contributed by atoms with Crippen LogP contribution in [-0.2, 0) is 10.0 Å². The Morgan fingerprint density at radius 2 is 2.08 bits per heavy atom. The van der Waals surface area contributed by atoms with E-state index in [1.165, 1.54) is 0 Å². The first-order valence-corrected chi connectivity index (χ1v) is 5.60. The zero-order valence-electron chi connectivity index (χ0n) is 6.84. The highest BCUT2D eigenvalue weighted by Crippen LogP contribution is 2.21. The van der Waals surface area contributed by atoms with E-state index in [-0.39, 0.29) is 0 Å². The standard InChI is InChI=1S/C6H13NO4S/c1-12(10,11)7-4-2-3-5(7)6(8)9/h5-6,8-9H,2-4H2,1H3/t5-/m0/s1. The van der Waals surface area contributed by atoms with Crippen molar-refractivity contribution < 1.29 is 18.6 Å². The molecule has 2 N–H and O–H groups in total. The van der Waals surface area contributed by atoms with Gasteiger partial charge in [-0.05, 0) is 12.8 Å². The molecule has 1 atom stereocenters. The lowest BCUT2D eigenvalue weighted by Crippen LogP contribution is -2.42. The first-order chi connectivity index (χ1) is 5.43. The summed E-state index contributed by atoms with van der Waals surface area (Å²) in [5.74, 6) is 0. The monoisotopic (exact) mass is 195 g/mol. The first-order valence-electron chi connectivity index (χ1n) is 3.76. The Labute approximate surface area is 71.7 Å². The van der Waals surface area contributed by atoms with Crippen molar-refractivity contribution in [2.75, 3.05) is 12.8 Å². The van der Waals surface area contributed by atoms with E-state index in [0.717, 1.165) is 10.6 Å². The molecule has 6 heteroatoms. The Bertz CT molecular complexity index is 248. The minimum absolute atomic E-state index is 0.390. The SMILES string of the molecule is CS(=O)(=O)N1CCC[C@H]1C(O)O. The number of aliphatic hydroxyl groups is 2. The van der Waals surface area contributed by atoms with Gasteiger partial charge in [0, 0.05) is 6.54 Å². The molecule has 0 bridgehead atoms. The van der Waals surface area contributed by atoms with Gasteiger partial charge in [-0.1, -0.05) is 0 Å². The van der Waals surface area contributed by atoms with Gasteiger partial charge in [0.25, 0.3) is 0 Å². The molecule has 1 saturated heterocycles. The molecule has 1 aliphatic rings. The summed E-state index contributed by atoms with van der Waals surface area (Å²) in [6.45, 7) is 0.390. The van der Waals surface area contributed by atoms with Gasteiger partial charge in [-0.3, -0.25) is 0 Å². The molecule has 0 aromatic rings. The zero-order chi connectivity index (χ0) is 9.35. The molecule has 72 valence electrons. The van der Waals surface area contributed by atoms with Gasteiger partial charge >= 0.3 is 0 Å². The lowest BCUT2D eigenvalue weighted by atomic mass is 10.2. The molecule has 0 saturated carbocycles. The Morgan fingerprint density at radius 1 is 1.50 bits per heavy atom. The summed E-state index contributed by atoms with van der Waals surface area (Å²) in [6.07, 6.45) is 0.718. The molecule has 0 radical (unpaired) electrons. The van der Waals surface area contributed by atoms with Crippen LogP contribution in [0.15, 0.2) is 0 Å². The zero-order valence-corrected chi connectivity index (χ0v) is 7.66. The van der Waals surface area contributed by atoms with Crippen LogP contribution in [0.1, 0.15) is 12.8 Å². The second kappa shape index (κ2) is 3.29. The number of sulfonamides is 1. The first kappa shape index (κ1) is 9.91. The van der Waals surface area contributed by atoms with Crippen LogP contribution in [0, 0.1) is 0 Å². The Hall–Kier alpha value is -0.170. The van der Waals surface area contributed by atoms with E-state index in [2.05, 4.69) is 0 Å². The van der Waals surface area contributed by atoms with Crippen LogP contribution in [-0.4, -0.2) is 48.1 Å². The lowest BCUT2D eigenvalue weighted by Gasteiger charge is -2.22. The summed E-state index contributed by atoms with van der Waals surface area (Å²) in [4.78, 5) is 0. The van der Waals surface area contributed by atoms with Crippen LogP contribution < -0.4 is 0 Å². The number of hydrogen-bond acceptors (Lipinski definition) is 4. The van der Waals surface area contributed by atoms with Crippen molar-refractivity contribution in [3.05, 3.63) is 0 Å². The van der Waals surface area contributed by atoms with Crippen LogP contribution in [0.3, 0.4) is 0 Å². The lowest BCUT2D eigenvalue weighted by molar-refractivity contribution is -0.0767. The topological polar surface area (TPSA) is 77.8 Å². The molecule has 0 aromatic carbocycles. The number of aliphatic hydroxyl groups excluding tert-OH is 1. The molecule has 1 heterocycles. The Balaban J connectivity index is 2.78. The Kier molecular flexibility index (Phi) is 2.72. The average Bonchev–Trinajstić information content (AvgIpc) is 2.30. The number of rotatable bonds is 2. The molecule has 0 amide bonds. The van der Waals surface area contributed by atoms with Crippen LogP contribution in [0.2, 0.25) is 0 Å². The van der Waals surface area contributed by atoms with Gasteiger partial charge in [0.1, 0.15) is 0 Å². The predicted octanol–water partition coefficient (Wildman–Crippen LogP) is -1.28. The highest BCUT2D eigenvalue weighted by atomic mass is 32.2. The summed E-state index contributed by atoms with van der Waals surface area (Å²) in [5.41, 5.74) is 0. The van der Waals surface area contributed by atoms with Crippen LogP contribution in [0.25, 0.3) is 0 Å². The van der Waals surface area contributed by atoms with Crippen molar-refractivity contribution in [3.63, 3.8) is 0 Å². The van der Waals surface area contributed by atoms with Crippen molar-refractivity contribution in [1.29, 1.82) is 0 Å². The van der Waals surface area contributed by atoms with E-state index >= 15 is 0 Å². The van der Waals surface area contributed by atoms with Gasteiger partial charge in [0.15, 0.2) is 6.29 Å². The second-order valence-electron chi connectivity index (χ2n) is 3.00. The van der Waals surface area contributed by atoms with E-state index in [1.807, 2.05) is 0 Å². The summed E-state index contributed by atoms with van der Waals surface area (Å²) in [6, 6.07) is -0.653. The fourth-order valence-electron chi connectivity index (χ4n) is 1.48. The normalized spacial score (nSPS) is 26.8. The smallest absolute Gasteiger partial charge is 0.211 e. The molecule has 1 aliphatic heterocycles. The average molecular weight is 195 g/mol. The van der Waals surface area contributed by atoms with Gasteiger partial charge in [0.05, 0.1) is 12.3 Å². The maximum atomic E-state index is 11.1. The molecule has 5 nitrogen and oxygen atoms in total. The molecule has 0 spiro atoms. The maximum absolute atomic E-state index is 11.1. The minimum atomic E-state index is -3.28. The quantitative estimate of drug-likeness (QED) is 0.538. The maximum Gasteiger partial charge on any atom is 0.211 e. The van der Waals surface area contributed by atoms with Crippen molar-refractivity contribution in [2.45, 2.75) is 25.2 Å². The minimum Gasteiger partial charge on any atom is -0.367 e. The molecular formula is C6H13NO4S. The molecule has 1 rings (SSSR count). The van der Waals surface area contributed by atoms with E-state index in [0.29, 0.717) is 19.4 Å². The van der Waals surface area contributed by atoms with Crippen molar-refractivity contribution in [1.82, 2.24) is 4.31 Å². The van der Waals surface area contributed by atoms with Crippen LogP contribution in [0.5, 0.6) is 0 Å².